The number of alkyl halides is 3. The van der Waals surface area contributed by atoms with Crippen LogP contribution < -0.4 is 15.4 Å². The standard InChI is InChI=1S/C22H28F3N5O/c1-26-21(28-14-17-9-10-27-20(13-17)31-16-22(23,24)25)29-15-19(30-11-5-6-12-30)18-7-3-2-4-8-18/h2-4,7-10,13,19H,5-6,11-12,14-16H2,1H3,(H2,26,28,29). The molecule has 1 aromatic carbocycles. The van der Waals surface area contributed by atoms with Crippen LogP contribution in [0, 0.1) is 0 Å². The number of aromatic nitrogens is 1. The maximum atomic E-state index is 12.3. The van der Waals surface area contributed by atoms with Gasteiger partial charge in [-0.3, -0.25) is 9.89 Å². The SMILES string of the molecule is CN=C(NCc1ccnc(OCC(F)(F)F)c1)NCC(c1ccccc1)N1CCCC1. The monoisotopic (exact) mass is 435 g/mol. The summed E-state index contributed by atoms with van der Waals surface area (Å²) in [4.78, 5) is 10.6. The molecule has 1 aliphatic heterocycles. The average molecular weight is 435 g/mol. The minimum atomic E-state index is -4.40. The van der Waals surface area contributed by atoms with Gasteiger partial charge in [-0.05, 0) is 43.1 Å². The normalized spacial score (nSPS) is 16.2. The predicted octanol–water partition coefficient (Wildman–Crippen LogP) is 3.52. The van der Waals surface area contributed by atoms with Crippen molar-refractivity contribution in [1.29, 1.82) is 0 Å². The Labute approximate surface area is 180 Å². The van der Waals surface area contributed by atoms with Crippen molar-refractivity contribution in [1.82, 2.24) is 20.5 Å². The molecule has 2 N–H and O–H groups in total. The summed E-state index contributed by atoms with van der Waals surface area (Å²) in [6, 6.07) is 13.8. The van der Waals surface area contributed by atoms with Gasteiger partial charge in [0.15, 0.2) is 12.6 Å². The van der Waals surface area contributed by atoms with Gasteiger partial charge in [0.1, 0.15) is 0 Å². The minimum absolute atomic E-state index is 0.0576. The van der Waals surface area contributed by atoms with Crippen molar-refractivity contribution in [2.45, 2.75) is 31.6 Å². The number of hydrogen-bond donors (Lipinski definition) is 2. The Balaban J connectivity index is 1.55. The van der Waals surface area contributed by atoms with Crippen LogP contribution in [0.15, 0.2) is 53.7 Å². The van der Waals surface area contributed by atoms with Crippen LogP contribution in [0.5, 0.6) is 5.88 Å². The topological polar surface area (TPSA) is 61.8 Å². The molecule has 168 valence electrons. The van der Waals surface area contributed by atoms with Crippen LogP contribution in [0.4, 0.5) is 13.2 Å². The molecule has 9 heteroatoms. The summed E-state index contributed by atoms with van der Waals surface area (Å²) in [6.07, 6.45) is -0.557. The van der Waals surface area contributed by atoms with E-state index in [1.807, 2.05) is 18.2 Å². The van der Waals surface area contributed by atoms with Gasteiger partial charge >= 0.3 is 6.18 Å². The first-order valence-electron chi connectivity index (χ1n) is 10.3. The van der Waals surface area contributed by atoms with Gasteiger partial charge in [0.25, 0.3) is 0 Å². The van der Waals surface area contributed by atoms with Crippen molar-refractivity contribution in [3.05, 3.63) is 59.8 Å². The number of halogens is 3. The number of aliphatic imine (C=N–C) groups is 1. The van der Waals surface area contributed by atoms with E-state index in [1.165, 1.54) is 30.7 Å². The Hall–Kier alpha value is -2.81. The Morgan fingerprint density at radius 1 is 1.16 bits per heavy atom. The lowest BCUT2D eigenvalue weighted by atomic mass is 10.1. The number of guanidine groups is 1. The smallest absolute Gasteiger partial charge is 0.422 e. The molecule has 1 unspecified atom stereocenters. The fourth-order valence-electron chi connectivity index (χ4n) is 3.58. The average Bonchev–Trinajstić information content (AvgIpc) is 3.30. The van der Waals surface area contributed by atoms with Gasteiger partial charge < -0.3 is 15.4 Å². The third kappa shape index (κ3) is 7.43. The molecule has 2 heterocycles. The number of nitrogens with zero attached hydrogens (tertiary/aromatic N) is 3. The minimum Gasteiger partial charge on any atom is -0.468 e. The van der Waals surface area contributed by atoms with E-state index in [4.69, 9.17) is 4.74 Å². The quantitative estimate of drug-likeness (QED) is 0.491. The van der Waals surface area contributed by atoms with Gasteiger partial charge in [-0.25, -0.2) is 4.98 Å². The molecule has 0 spiro atoms. The van der Waals surface area contributed by atoms with Crippen molar-refractivity contribution in [3.63, 3.8) is 0 Å². The highest BCUT2D eigenvalue weighted by atomic mass is 19.4. The molecular weight excluding hydrogens is 407 g/mol. The molecule has 2 aromatic rings. The summed E-state index contributed by atoms with van der Waals surface area (Å²) in [5.74, 6) is 0.562. The number of hydrogen-bond acceptors (Lipinski definition) is 4. The molecule has 0 bridgehead atoms. The molecule has 1 aromatic heterocycles. The Kier molecular flexibility index (Phi) is 8.11. The van der Waals surface area contributed by atoms with E-state index in [0.717, 1.165) is 18.7 Å². The summed E-state index contributed by atoms with van der Waals surface area (Å²) in [7, 11) is 1.69. The first-order valence-corrected chi connectivity index (χ1v) is 10.3. The van der Waals surface area contributed by atoms with Gasteiger partial charge in [-0.15, -0.1) is 0 Å². The maximum Gasteiger partial charge on any atom is 0.422 e. The molecule has 0 aliphatic carbocycles. The van der Waals surface area contributed by atoms with E-state index < -0.39 is 12.8 Å². The van der Waals surface area contributed by atoms with E-state index in [1.54, 1.807) is 13.1 Å². The van der Waals surface area contributed by atoms with E-state index in [9.17, 15) is 13.2 Å². The fraction of sp³-hybridized carbons (Fsp3) is 0.455. The molecule has 1 atom stereocenters. The van der Waals surface area contributed by atoms with Gasteiger partial charge in [-0.2, -0.15) is 13.2 Å². The Morgan fingerprint density at radius 2 is 1.90 bits per heavy atom. The van der Waals surface area contributed by atoms with Gasteiger partial charge in [-0.1, -0.05) is 30.3 Å². The highest BCUT2D eigenvalue weighted by molar-refractivity contribution is 5.79. The van der Waals surface area contributed by atoms with Crippen LogP contribution in [-0.4, -0.2) is 55.3 Å². The van der Waals surface area contributed by atoms with Crippen molar-refractivity contribution in [2.24, 2.45) is 4.99 Å². The second kappa shape index (κ2) is 11.0. The van der Waals surface area contributed by atoms with E-state index in [0.29, 0.717) is 19.0 Å². The molecule has 3 rings (SSSR count). The van der Waals surface area contributed by atoms with E-state index in [-0.39, 0.29) is 11.9 Å². The van der Waals surface area contributed by atoms with E-state index in [2.05, 4.69) is 37.6 Å². The Morgan fingerprint density at radius 3 is 2.58 bits per heavy atom. The summed E-state index contributed by atoms with van der Waals surface area (Å²) in [5.41, 5.74) is 2.00. The summed E-state index contributed by atoms with van der Waals surface area (Å²) >= 11 is 0. The zero-order valence-electron chi connectivity index (χ0n) is 17.5. The largest absolute Gasteiger partial charge is 0.468 e. The number of ether oxygens (including phenoxy) is 1. The lowest BCUT2D eigenvalue weighted by Gasteiger charge is -2.29. The molecule has 1 aliphatic rings. The van der Waals surface area contributed by atoms with Gasteiger partial charge in [0, 0.05) is 32.4 Å². The van der Waals surface area contributed by atoms with Crippen molar-refractivity contribution in [2.75, 3.05) is 33.3 Å². The highest BCUT2D eigenvalue weighted by Crippen LogP contribution is 2.24. The van der Waals surface area contributed by atoms with Crippen molar-refractivity contribution >= 4 is 5.96 Å². The summed E-state index contributed by atoms with van der Waals surface area (Å²) in [5, 5.41) is 6.57. The molecule has 0 radical (unpaired) electrons. The molecule has 31 heavy (non-hydrogen) atoms. The summed E-state index contributed by atoms with van der Waals surface area (Å²) < 4.78 is 41.7. The first-order chi connectivity index (χ1) is 14.9. The second-order valence-electron chi connectivity index (χ2n) is 7.38. The zero-order chi connectivity index (χ0) is 22.1. The molecule has 1 saturated heterocycles. The first kappa shape index (κ1) is 22.9. The van der Waals surface area contributed by atoms with Crippen molar-refractivity contribution < 1.29 is 17.9 Å². The molecule has 0 saturated carbocycles. The predicted molar refractivity (Wildman–Crippen MR) is 114 cm³/mol. The van der Waals surface area contributed by atoms with Crippen LogP contribution in [0.3, 0.4) is 0 Å². The summed E-state index contributed by atoms with van der Waals surface area (Å²) in [6.45, 7) is 1.86. The fourth-order valence-corrected chi connectivity index (χ4v) is 3.58. The highest BCUT2D eigenvalue weighted by Gasteiger charge is 2.28. The van der Waals surface area contributed by atoms with Crippen LogP contribution >= 0.6 is 0 Å². The Bertz CT molecular complexity index is 839. The molecule has 6 nitrogen and oxygen atoms in total. The molecule has 1 fully saturated rings. The number of nitrogens with one attached hydrogen (secondary N) is 2. The van der Waals surface area contributed by atoms with Gasteiger partial charge in [0.2, 0.25) is 5.88 Å². The van der Waals surface area contributed by atoms with E-state index >= 15 is 0 Å². The van der Waals surface area contributed by atoms with Crippen LogP contribution in [0.1, 0.15) is 30.0 Å². The third-order valence-electron chi connectivity index (χ3n) is 5.10. The zero-order valence-corrected chi connectivity index (χ0v) is 17.5. The van der Waals surface area contributed by atoms with Crippen LogP contribution in [0.25, 0.3) is 0 Å². The van der Waals surface area contributed by atoms with Gasteiger partial charge in [0.05, 0.1) is 6.04 Å². The number of benzene rings is 1. The molecule has 0 amide bonds. The maximum absolute atomic E-state index is 12.3. The number of rotatable bonds is 8. The molecular formula is C22H28F3N5O. The van der Waals surface area contributed by atoms with Crippen LogP contribution in [-0.2, 0) is 6.54 Å². The van der Waals surface area contributed by atoms with Crippen molar-refractivity contribution in [3.8, 4) is 5.88 Å². The lowest BCUT2D eigenvalue weighted by molar-refractivity contribution is -0.154. The second-order valence-corrected chi connectivity index (χ2v) is 7.38. The number of likely N-dealkylation sites (tertiary alicyclic amines) is 1. The third-order valence-corrected chi connectivity index (χ3v) is 5.10. The number of pyridine rings is 1. The van der Waals surface area contributed by atoms with Crippen LogP contribution in [0.2, 0.25) is 0 Å². The lowest BCUT2D eigenvalue weighted by Crippen LogP contribution is -2.42.